The molecule has 8 heavy (non-hydrogen) atoms. The fourth-order valence-electron chi connectivity index (χ4n) is 0.257. The van der Waals surface area contributed by atoms with Crippen molar-refractivity contribution in [3.63, 3.8) is 0 Å². The first-order valence-corrected chi connectivity index (χ1v) is 3.48. The molecule has 1 unspecified atom stereocenters. The van der Waals surface area contributed by atoms with Crippen LogP contribution < -0.4 is 0 Å². The van der Waals surface area contributed by atoms with E-state index in [9.17, 15) is 0 Å². The molecule has 0 amide bonds. The summed E-state index contributed by atoms with van der Waals surface area (Å²) in [6.45, 7) is 4.35. The normalized spacial score (nSPS) is 14.6. The van der Waals surface area contributed by atoms with Gasteiger partial charge in [0, 0.05) is 0 Å². The van der Waals surface area contributed by atoms with Crippen LogP contribution in [0.5, 0.6) is 0 Å². The molecule has 0 aromatic rings. The van der Waals surface area contributed by atoms with Crippen molar-refractivity contribution < 1.29 is 8.17 Å². The molecule has 50 valence electrons. The van der Waals surface area contributed by atoms with E-state index in [4.69, 9.17) is 5.11 Å². The molecule has 0 bridgehead atoms. The highest BCUT2D eigenvalue weighted by atomic mass is 127. The van der Waals surface area contributed by atoms with Crippen LogP contribution in [0.2, 0.25) is 0 Å². The lowest BCUT2D eigenvalue weighted by atomic mass is 10.1. The Morgan fingerprint density at radius 2 is 2.12 bits per heavy atom. The third-order valence-electron chi connectivity index (χ3n) is 1.00. The summed E-state index contributed by atoms with van der Waals surface area (Å²) in [6.07, 6.45) is -0.313. The Bertz CT molecular complexity index is 56.4. The summed E-state index contributed by atoms with van der Waals surface area (Å²) in [4.78, 5) is 0. The van der Waals surface area contributed by atoms with Crippen molar-refractivity contribution in [3.05, 3.63) is 0 Å². The summed E-state index contributed by atoms with van der Waals surface area (Å²) >= 11 is 1.78. The van der Waals surface area contributed by atoms with Gasteiger partial charge in [0.15, 0.2) is 0 Å². The van der Waals surface area contributed by atoms with E-state index in [1.54, 1.807) is 23.0 Å². The molecule has 0 saturated carbocycles. The number of aliphatic hydroxyl groups excluding tert-OH is 1. The Labute approximate surface area is 63.9 Å². The van der Waals surface area contributed by atoms with E-state index in [-0.39, 0.29) is 6.10 Å². The van der Waals surface area contributed by atoms with E-state index in [0.29, 0.717) is 12.5 Å². The summed E-state index contributed by atoms with van der Waals surface area (Å²) < 4.78 is 4.68. The highest BCUT2D eigenvalue weighted by Gasteiger charge is 2.07. The van der Waals surface area contributed by atoms with Gasteiger partial charge in [0.05, 0.1) is 12.7 Å². The van der Waals surface area contributed by atoms with Crippen LogP contribution in [-0.2, 0) is 3.07 Å². The second-order valence-electron chi connectivity index (χ2n) is 2.09. The van der Waals surface area contributed by atoms with E-state index >= 15 is 0 Å². The van der Waals surface area contributed by atoms with Gasteiger partial charge < -0.3 is 8.17 Å². The minimum absolute atomic E-state index is 0.296. The van der Waals surface area contributed by atoms with Gasteiger partial charge in [-0.25, -0.2) is 0 Å². The van der Waals surface area contributed by atoms with E-state index in [2.05, 4.69) is 3.07 Å². The molecule has 0 heterocycles. The van der Waals surface area contributed by atoms with Crippen LogP contribution in [0, 0.1) is 5.92 Å². The minimum Gasteiger partial charge on any atom is -0.390 e. The topological polar surface area (TPSA) is 29.5 Å². The van der Waals surface area contributed by atoms with Crippen LogP contribution in [-0.4, -0.2) is 17.8 Å². The van der Waals surface area contributed by atoms with Crippen LogP contribution in [0.1, 0.15) is 13.8 Å². The van der Waals surface area contributed by atoms with E-state index < -0.39 is 0 Å². The van der Waals surface area contributed by atoms with Gasteiger partial charge in [-0.2, -0.15) is 0 Å². The summed E-state index contributed by atoms with van der Waals surface area (Å²) in [5, 5.41) is 9.00. The molecule has 1 atom stereocenters. The van der Waals surface area contributed by atoms with E-state index in [1.165, 1.54) is 0 Å². The SMILES string of the molecule is CC(C)C(O)COI. The molecular formula is C5H11IO2. The van der Waals surface area contributed by atoms with Crippen molar-refractivity contribution in [3.8, 4) is 0 Å². The van der Waals surface area contributed by atoms with Crippen molar-refractivity contribution in [1.29, 1.82) is 0 Å². The van der Waals surface area contributed by atoms with Crippen LogP contribution in [0.3, 0.4) is 0 Å². The molecular weight excluding hydrogens is 219 g/mol. The van der Waals surface area contributed by atoms with Gasteiger partial charge >= 0.3 is 0 Å². The zero-order valence-corrected chi connectivity index (χ0v) is 7.25. The maximum absolute atomic E-state index is 9.00. The lowest BCUT2D eigenvalue weighted by molar-refractivity contribution is 0.0871. The van der Waals surface area contributed by atoms with Gasteiger partial charge in [0.1, 0.15) is 23.0 Å². The lowest BCUT2D eigenvalue weighted by Crippen LogP contribution is -2.19. The Morgan fingerprint density at radius 3 is 2.25 bits per heavy atom. The average molecular weight is 230 g/mol. The Morgan fingerprint density at radius 1 is 1.62 bits per heavy atom. The number of rotatable bonds is 3. The largest absolute Gasteiger partial charge is 0.390 e. The quantitative estimate of drug-likeness (QED) is 0.742. The number of aliphatic hydroxyl groups is 1. The molecule has 1 N–H and O–H groups in total. The molecule has 0 saturated heterocycles. The van der Waals surface area contributed by atoms with E-state index in [0.717, 1.165) is 0 Å². The van der Waals surface area contributed by atoms with Crippen LogP contribution in [0.25, 0.3) is 0 Å². The minimum atomic E-state index is -0.313. The molecule has 0 aliphatic carbocycles. The predicted molar refractivity (Wildman–Crippen MR) is 40.8 cm³/mol. The van der Waals surface area contributed by atoms with Crippen molar-refractivity contribution in [2.24, 2.45) is 5.92 Å². The highest BCUT2D eigenvalue weighted by Crippen LogP contribution is 2.02. The van der Waals surface area contributed by atoms with Crippen LogP contribution >= 0.6 is 23.0 Å². The molecule has 0 radical (unpaired) electrons. The summed E-state index contributed by atoms with van der Waals surface area (Å²) in [5.74, 6) is 0.296. The van der Waals surface area contributed by atoms with Gasteiger partial charge in [0.2, 0.25) is 0 Å². The number of hydrogen-bond acceptors (Lipinski definition) is 2. The number of halogens is 1. The maximum Gasteiger partial charge on any atom is 0.109 e. The van der Waals surface area contributed by atoms with Gasteiger partial charge in [-0.3, -0.25) is 0 Å². The van der Waals surface area contributed by atoms with Crippen LogP contribution in [0.15, 0.2) is 0 Å². The predicted octanol–water partition coefficient (Wildman–Crippen LogP) is 1.37. The molecule has 0 fully saturated rings. The average Bonchev–Trinajstić information content (AvgIpc) is 1.67. The lowest BCUT2D eigenvalue weighted by Gasteiger charge is -2.10. The summed E-state index contributed by atoms with van der Waals surface area (Å²) in [6, 6.07) is 0. The second-order valence-corrected chi connectivity index (χ2v) is 2.71. The monoisotopic (exact) mass is 230 g/mol. The number of hydrogen-bond donors (Lipinski definition) is 1. The first-order valence-electron chi connectivity index (χ1n) is 2.60. The van der Waals surface area contributed by atoms with Crippen molar-refractivity contribution >= 4 is 23.0 Å². The first-order chi connectivity index (χ1) is 3.68. The molecule has 0 aromatic carbocycles. The second kappa shape index (κ2) is 4.52. The van der Waals surface area contributed by atoms with Crippen molar-refractivity contribution in [2.45, 2.75) is 20.0 Å². The fraction of sp³-hybridized carbons (Fsp3) is 1.00. The summed E-state index contributed by atoms with van der Waals surface area (Å²) in [7, 11) is 0. The zero-order valence-electron chi connectivity index (χ0n) is 5.10. The zero-order chi connectivity index (χ0) is 6.57. The van der Waals surface area contributed by atoms with Crippen molar-refractivity contribution in [1.82, 2.24) is 0 Å². The van der Waals surface area contributed by atoms with E-state index in [1.807, 2.05) is 13.8 Å². The highest BCUT2D eigenvalue weighted by molar-refractivity contribution is 14.1. The van der Waals surface area contributed by atoms with Gasteiger partial charge in [-0.15, -0.1) is 0 Å². The maximum atomic E-state index is 9.00. The Kier molecular flexibility index (Phi) is 4.89. The third kappa shape index (κ3) is 3.63. The first kappa shape index (κ1) is 8.65. The molecule has 0 aromatic heterocycles. The molecule has 3 heteroatoms. The van der Waals surface area contributed by atoms with Crippen molar-refractivity contribution in [2.75, 3.05) is 6.61 Å². The Hall–Kier alpha value is 0.650. The van der Waals surface area contributed by atoms with Gasteiger partial charge in [-0.05, 0) is 5.92 Å². The molecule has 0 aliphatic heterocycles. The van der Waals surface area contributed by atoms with Gasteiger partial charge in [0.25, 0.3) is 0 Å². The standard InChI is InChI=1S/C5H11IO2/c1-4(2)5(7)3-8-6/h4-5,7H,3H2,1-2H3. The smallest absolute Gasteiger partial charge is 0.109 e. The molecule has 0 spiro atoms. The molecule has 2 nitrogen and oxygen atoms in total. The Balaban J connectivity index is 3.17. The molecule has 0 aliphatic rings. The van der Waals surface area contributed by atoms with Gasteiger partial charge in [-0.1, -0.05) is 13.8 Å². The fourth-order valence-corrected chi connectivity index (χ4v) is 0.625. The third-order valence-corrected chi connectivity index (χ3v) is 1.36. The summed E-state index contributed by atoms with van der Waals surface area (Å²) in [5.41, 5.74) is 0. The van der Waals surface area contributed by atoms with Crippen LogP contribution in [0.4, 0.5) is 0 Å². The molecule has 0 rings (SSSR count).